The molecule has 0 spiro atoms. The van der Waals surface area contributed by atoms with E-state index in [-0.39, 0.29) is 24.6 Å². The maximum absolute atomic E-state index is 12.3. The number of nitrogens with one attached hydrogen (secondary N) is 1. The first-order chi connectivity index (χ1) is 11.2. The van der Waals surface area contributed by atoms with Crippen molar-refractivity contribution in [1.29, 1.82) is 0 Å². The van der Waals surface area contributed by atoms with E-state index in [9.17, 15) is 9.59 Å². The summed E-state index contributed by atoms with van der Waals surface area (Å²) in [5.74, 6) is 2.24. The van der Waals surface area contributed by atoms with Crippen LogP contribution in [0.5, 0.6) is 0 Å². The van der Waals surface area contributed by atoms with Crippen LogP contribution in [0.3, 0.4) is 0 Å². The Kier molecular flexibility index (Phi) is 4.22. The minimum Gasteiger partial charge on any atom is -0.346 e. The molecule has 0 aliphatic heterocycles. The zero-order valence-electron chi connectivity index (χ0n) is 12.2. The molecule has 0 saturated carbocycles. The number of hydrogen-bond acceptors (Lipinski definition) is 4. The fourth-order valence-electron chi connectivity index (χ4n) is 2.29. The van der Waals surface area contributed by atoms with Crippen LogP contribution in [0.1, 0.15) is 16.1 Å². The molecule has 0 fully saturated rings. The summed E-state index contributed by atoms with van der Waals surface area (Å²) < 4.78 is 1.24. The van der Waals surface area contributed by atoms with Gasteiger partial charge in [0.2, 0.25) is 0 Å². The Labute approximate surface area is 136 Å². The maximum Gasteiger partial charge on any atom is 0.275 e. The third kappa shape index (κ3) is 3.00. The van der Waals surface area contributed by atoms with E-state index in [4.69, 9.17) is 6.42 Å². The molecule has 0 saturated heterocycles. The van der Waals surface area contributed by atoms with Gasteiger partial charge in [-0.25, -0.2) is 4.68 Å². The first-order valence-corrected chi connectivity index (χ1v) is 7.87. The quantitative estimate of drug-likeness (QED) is 0.747. The van der Waals surface area contributed by atoms with Gasteiger partial charge in [0.15, 0.2) is 0 Å². The summed E-state index contributed by atoms with van der Waals surface area (Å²) >= 11 is 1.46. The van der Waals surface area contributed by atoms with E-state index >= 15 is 0 Å². The Hall–Kier alpha value is -2.91. The lowest BCUT2D eigenvalue weighted by atomic mass is 10.1. The number of carbonyl (C=O) groups excluding carboxylic acids is 1. The van der Waals surface area contributed by atoms with Gasteiger partial charge in [0, 0.05) is 16.3 Å². The highest BCUT2D eigenvalue weighted by molar-refractivity contribution is 7.08. The molecule has 6 heteroatoms. The minimum atomic E-state index is -0.230. The molecule has 2 heterocycles. The maximum atomic E-state index is 12.3. The molecule has 114 valence electrons. The predicted molar refractivity (Wildman–Crippen MR) is 90.3 cm³/mol. The average molecular weight is 323 g/mol. The highest BCUT2D eigenvalue weighted by Gasteiger charge is 2.11. The highest BCUT2D eigenvalue weighted by Crippen LogP contribution is 2.13. The van der Waals surface area contributed by atoms with Crippen LogP contribution in [0, 0.1) is 12.3 Å². The molecule has 5 nitrogen and oxygen atoms in total. The van der Waals surface area contributed by atoms with Gasteiger partial charge in [-0.05, 0) is 17.5 Å². The lowest BCUT2D eigenvalue weighted by Gasteiger charge is -2.10. The zero-order chi connectivity index (χ0) is 16.2. The Morgan fingerprint density at radius 2 is 2.09 bits per heavy atom. The second kappa shape index (κ2) is 6.46. The average Bonchev–Trinajstić information content (AvgIpc) is 3.11. The first kappa shape index (κ1) is 15.0. The molecule has 2 aromatic heterocycles. The predicted octanol–water partition coefficient (Wildman–Crippen LogP) is 2.02. The molecular weight excluding hydrogens is 310 g/mol. The number of amides is 1. The van der Waals surface area contributed by atoms with E-state index in [2.05, 4.69) is 16.3 Å². The number of fused-ring (bicyclic) bond motifs is 1. The van der Waals surface area contributed by atoms with Gasteiger partial charge in [-0.2, -0.15) is 16.4 Å². The van der Waals surface area contributed by atoms with Gasteiger partial charge < -0.3 is 5.32 Å². The van der Waals surface area contributed by atoms with Crippen molar-refractivity contribution in [3.8, 4) is 12.3 Å². The molecule has 0 radical (unpaired) electrons. The van der Waals surface area contributed by atoms with E-state index < -0.39 is 0 Å². The third-order valence-corrected chi connectivity index (χ3v) is 4.07. The lowest BCUT2D eigenvalue weighted by molar-refractivity contribution is 0.0951. The van der Waals surface area contributed by atoms with Crippen LogP contribution in [0.2, 0.25) is 0 Å². The van der Waals surface area contributed by atoms with E-state index in [0.29, 0.717) is 16.6 Å². The van der Waals surface area contributed by atoms with Crippen LogP contribution in [0.15, 0.2) is 45.9 Å². The third-order valence-electron chi connectivity index (χ3n) is 3.39. The summed E-state index contributed by atoms with van der Waals surface area (Å²) in [6.07, 6.45) is 5.29. The monoisotopic (exact) mass is 323 g/mol. The molecule has 1 N–H and O–H groups in total. The Balaban J connectivity index is 1.96. The fourth-order valence-corrected chi connectivity index (χ4v) is 2.93. The summed E-state index contributed by atoms with van der Waals surface area (Å²) in [5, 5.41) is 12.0. The molecule has 0 unspecified atom stereocenters. The number of thiophene rings is 1. The standard InChI is InChI=1S/C17H13N3O2S/c1-2-8-20-17(22)14-6-4-3-5-13(14)15(19-20)10-18-16(21)12-7-9-23-11-12/h1,3-7,9,11H,8,10H2,(H,18,21). The molecule has 0 aliphatic carbocycles. The topological polar surface area (TPSA) is 64.0 Å². The van der Waals surface area contributed by atoms with Crippen molar-refractivity contribution >= 4 is 28.0 Å². The molecule has 0 bridgehead atoms. The number of terminal acetylenes is 1. The van der Waals surface area contributed by atoms with Crippen molar-refractivity contribution in [3.63, 3.8) is 0 Å². The number of rotatable bonds is 4. The number of carbonyl (C=O) groups is 1. The van der Waals surface area contributed by atoms with Crippen LogP contribution in [0.4, 0.5) is 0 Å². The second-order valence-corrected chi connectivity index (χ2v) is 5.63. The molecular formula is C17H13N3O2S. The molecule has 23 heavy (non-hydrogen) atoms. The summed E-state index contributed by atoms with van der Waals surface area (Å²) in [6, 6.07) is 8.92. The molecule has 0 aliphatic rings. The molecule has 0 atom stereocenters. The van der Waals surface area contributed by atoms with Crippen LogP contribution >= 0.6 is 11.3 Å². The van der Waals surface area contributed by atoms with Crippen LogP contribution in [0.25, 0.3) is 10.8 Å². The van der Waals surface area contributed by atoms with Gasteiger partial charge in [0.1, 0.15) is 6.54 Å². The summed E-state index contributed by atoms with van der Waals surface area (Å²) in [7, 11) is 0. The SMILES string of the molecule is C#CCn1nc(CNC(=O)c2ccsc2)c2ccccc2c1=O. The van der Waals surface area contributed by atoms with Crippen molar-refractivity contribution in [1.82, 2.24) is 15.1 Å². The second-order valence-electron chi connectivity index (χ2n) is 4.85. The van der Waals surface area contributed by atoms with E-state index in [1.54, 1.807) is 23.6 Å². The van der Waals surface area contributed by atoms with Gasteiger partial charge >= 0.3 is 0 Å². The van der Waals surface area contributed by atoms with Gasteiger partial charge in [0.05, 0.1) is 17.6 Å². The van der Waals surface area contributed by atoms with Gasteiger partial charge in [0.25, 0.3) is 11.5 Å². The number of benzene rings is 1. The minimum absolute atomic E-state index is 0.0924. The molecule has 1 amide bonds. The van der Waals surface area contributed by atoms with Gasteiger partial charge in [-0.1, -0.05) is 24.1 Å². The van der Waals surface area contributed by atoms with Crippen LogP contribution < -0.4 is 10.9 Å². The highest BCUT2D eigenvalue weighted by atomic mass is 32.1. The Bertz CT molecular complexity index is 952. The van der Waals surface area contributed by atoms with Crippen molar-refractivity contribution < 1.29 is 4.79 Å². The normalized spacial score (nSPS) is 10.4. The smallest absolute Gasteiger partial charge is 0.275 e. The van der Waals surface area contributed by atoms with Crippen LogP contribution in [-0.2, 0) is 13.1 Å². The van der Waals surface area contributed by atoms with E-state index in [1.807, 2.05) is 17.5 Å². The van der Waals surface area contributed by atoms with E-state index in [0.717, 1.165) is 5.39 Å². The van der Waals surface area contributed by atoms with Crippen LogP contribution in [-0.4, -0.2) is 15.7 Å². The number of nitrogens with zero attached hydrogens (tertiary/aromatic N) is 2. The van der Waals surface area contributed by atoms with Gasteiger partial charge in [-0.3, -0.25) is 9.59 Å². The van der Waals surface area contributed by atoms with Crippen molar-refractivity contribution in [2.75, 3.05) is 0 Å². The van der Waals surface area contributed by atoms with Gasteiger partial charge in [-0.15, -0.1) is 6.42 Å². The molecule has 3 aromatic rings. The summed E-state index contributed by atoms with van der Waals surface area (Å²) in [4.78, 5) is 24.4. The summed E-state index contributed by atoms with van der Waals surface area (Å²) in [5.41, 5.74) is 0.988. The molecule has 3 rings (SSSR count). The van der Waals surface area contributed by atoms with Crippen molar-refractivity contribution in [2.24, 2.45) is 0 Å². The lowest BCUT2D eigenvalue weighted by Crippen LogP contribution is -2.28. The summed E-state index contributed by atoms with van der Waals surface area (Å²) in [6.45, 7) is 0.315. The number of hydrogen-bond donors (Lipinski definition) is 1. The largest absolute Gasteiger partial charge is 0.346 e. The molecule has 1 aromatic carbocycles. The Morgan fingerprint density at radius 3 is 2.78 bits per heavy atom. The Morgan fingerprint density at radius 1 is 1.30 bits per heavy atom. The number of aromatic nitrogens is 2. The van der Waals surface area contributed by atoms with Crippen molar-refractivity contribution in [3.05, 3.63) is 62.7 Å². The zero-order valence-corrected chi connectivity index (χ0v) is 13.0. The van der Waals surface area contributed by atoms with Crippen molar-refractivity contribution in [2.45, 2.75) is 13.1 Å². The van der Waals surface area contributed by atoms with E-state index in [1.165, 1.54) is 16.0 Å². The first-order valence-electron chi connectivity index (χ1n) is 6.93. The fraction of sp³-hybridized carbons (Fsp3) is 0.118.